The molecule has 0 spiro atoms. The lowest BCUT2D eigenvalue weighted by Gasteiger charge is -2.22. The van der Waals surface area contributed by atoms with Crippen molar-refractivity contribution in [3.05, 3.63) is 70.8 Å². The van der Waals surface area contributed by atoms with Crippen LogP contribution in [0, 0.1) is 13.8 Å². The normalized spacial score (nSPS) is 12.6. The van der Waals surface area contributed by atoms with Crippen LogP contribution < -0.4 is 10.6 Å². The van der Waals surface area contributed by atoms with E-state index in [0.29, 0.717) is 0 Å². The first-order valence-electron chi connectivity index (χ1n) is 9.55. The largest absolute Gasteiger partial charge is 0.469 e. The molecular weight excluding hydrogens is 368 g/mol. The van der Waals surface area contributed by atoms with E-state index in [1.165, 1.54) is 14.0 Å². The molecule has 2 N–H and O–H groups in total. The minimum Gasteiger partial charge on any atom is -0.469 e. The lowest BCUT2D eigenvalue weighted by Crippen LogP contribution is -2.35. The standard InChI is InChI=1S/C23H28N2O4/c1-15-5-9-18(10-6-15)20(24-17(3)26)13-22(27)25-21(14-23(28)29-4)19-11-7-16(2)8-12-19/h5-12,20-21H,13-14H2,1-4H3,(H,24,26)(H,25,27)/t20-,21+/m1/s1. The first-order chi connectivity index (χ1) is 13.8. The van der Waals surface area contributed by atoms with E-state index in [4.69, 9.17) is 4.74 Å². The van der Waals surface area contributed by atoms with Crippen LogP contribution in [0.4, 0.5) is 0 Å². The Labute approximate surface area is 171 Å². The molecule has 0 aromatic heterocycles. The van der Waals surface area contributed by atoms with E-state index in [1.54, 1.807) is 0 Å². The summed E-state index contributed by atoms with van der Waals surface area (Å²) in [6, 6.07) is 14.3. The van der Waals surface area contributed by atoms with Crippen LogP contribution in [0.5, 0.6) is 0 Å². The average molecular weight is 396 g/mol. The smallest absolute Gasteiger partial charge is 0.307 e. The number of hydrogen-bond donors (Lipinski definition) is 2. The molecule has 2 amide bonds. The fourth-order valence-corrected chi connectivity index (χ4v) is 3.04. The molecule has 6 heteroatoms. The molecule has 0 saturated carbocycles. The molecular formula is C23H28N2O4. The highest BCUT2D eigenvalue weighted by Crippen LogP contribution is 2.21. The van der Waals surface area contributed by atoms with Gasteiger partial charge in [0.2, 0.25) is 11.8 Å². The summed E-state index contributed by atoms with van der Waals surface area (Å²) < 4.78 is 4.77. The molecule has 2 atom stereocenters. The maximum absolute atomic E-state index is 12.8. The van der Waals surface area contributed by atoms with Crippen molar-refractivity contribution in [3.8, 4) is 0 Å². The number of amides is 2. The van der Waals surface area contributed by atoms with Crippen LogP contribution in [0.2, 0.25) is 0 Å². The van der Waals surface area contributed by atoms with Crippen molar-refractivity contribution in [2.45, 2.75) is 45.7 Å². The monoisotopic (exact) mass is 396 g/mol. The second-order valence-corrected chi connectivity index (χ2v) is 7.18. The minimum atomic E-state index is -0.508. The van der Waals surface area contributed by atoms with Crippen molar-refractivity contribution in [1.29, 1.82) is 0 Å². The molecule has 0 fully saturated rings. The summed E-state index contributed by atoms with van der Waals surface area (Å²) >= 11 is 0. The second kappa shape index (κ2) is 10.4. The summed E-state index contributed by atoms with van der Waals surface area (Å²) in [5.41, 5.74) is 3.85. The van der Waals surface area contributed by atoms with Crippen LogP contribution in [-0.4, -0.2) is 24.9 Å². The van der Waals surface area contributed by atoms with Gasteiger partial charge in [0.05, 0.1) is 32.0 Å². The van der Waals surface area contributed by atoms with Gasteiger partial charge in [-0.1, -0.05) is 59.7 Å². The van der Waals surface area contributed by atoms with Crippen molar-refractivity contribution < 1.29 is 19.1 Å². The zero-order valence-corrected chi connectivity index (χ0v) is 17.3. The molecule has 0 radical (unpaired) electrons. The van der Waals surface area contributed by atoms with Gasteiger partial charge in [-0.2, -0.15) is 0 Å². The second-order valence-electron chi connectivity index (χ2n) is 7.18. The van der Waals surface area contributed by atoms with E-state index in [9.17, 15) is 14.4 Å². The third-order valence-corrected chi connectivity index (χ3v) is 4.66. The van der Waals surface area contributed by atoms with E-state index in [2.05, 4.69) is 10.6 Å². The van der Waals surface area contributed by atoms with Gasteiger partial charge in [0.15, 0.2) is 0 Å². The van der Waals surface area contributed by atoms with E-state index < -0.39 is 18.1 Å². The Morgan fingerprint density at radius 2 is 1.24 bits per heavy atom. The molecule has 0 aliphatic heterocycles. The zero-order chi connectivity index (χ0) is 21.4. The molecule has 29 heavy (non-hydrogen) atoms. The summed E-state index contributed by atoms with van der Waals surface area (Å²) in [4.78, 5) is 36.2. The molecule has 154 valence electrons. The maximum atomic E-state index is 12.8. The summed E-state index contributed by atoms with van der Waals surface area (Å²) in [5.74, 6) is -0.889. The number of carbonyl (C=O) groups is 3. The SMILES string of the molecule is COC(=O)C[C@H](NC(=O)C[C@@H](NC(C)=O)c1ccc(C)cc1)c1ccc(C)cc1. The summed E-state index contributed by atoms with van der Waals surface area (Å²) in [7, 11) is 1.32. The first kappa shape index (κ1) is 22.1. The van der Waals surface area contributed by atoms with Crippen molar-refractivity contribution in [1.82, 2.24) is 10.6 Å². The van der Waals surface area contributed by atoms with E-state index in [1.807, 2.05) is 62.4 Å². The molecule has 0 aliphatic carbocycles. The number of nitrogens with one attached hydrogen (secondary N) is 2. The quantitative estimate of drug-likeness (QED) is 0.671. The van der Waals surface area contributed by atoms with Crippen LogP contribution in [-0.2, 0) is 19.1 Å². The van der Waals surface area contributed by atoms with Gasteiger partial charge in [-0.15, -0.1) is 0 Å². The Hall–Kier alpha value is -3.15. The van der Waals surface area contributed by atoms with Gasteiger partial charge in [-0.05, 0) is 25.0 Å². The molecule has 0 heterocycles. The van der Waals surface area contributed by atoms with Crippen LogP contribution in [0.15, 0.2) is 48.5 Å². The van der Waals surface area contributed by atoms with Crippen molar-refractivity contribution in [3.63, 3.8) is 0 Å². The Morgan fingerprint density at radius 1 is 0.793 bits per heavy atom. The highest BCUT2D eigenvalue weighted by molar-refractivity contribution is 5.80. The van der Waals surface area contributed by atoms with Gasteiger partial charge in [0.1, 0.15) is 0 Å². The average Bonchev–Trinajstić information content (AvgIpc) is 2.67. The molecule has 0 saturated heterocycles. The van der Waals surface area contributed by atoms with Crippen LogP contribution >= 0.6 is 0 Å². The van der Waals surface area contributed by atoms with Gasteiger partial charge >= 0.3 is 5.97 Å². The third-order valence-electron chi connectivity index (χ3n) is 4.66. The van der Waals surface area contributed by atoms with Gasteiger partial charge in [0.25, 0.3) is 0 Å². The highest BCUT2D eigenvalue weighted by Gasteiger charge is 2.22. The Balaban J connectivity index is 2.16. The number of rotatable bonds is 8. The van der Waals surface area contributed by atoms with Crippen LogP contribution in [0.25, 0.3) is 0 Å². The first-order valence-corrected chi connectivity index (χ1v) is 9.55. The molecule has 0 aliphatic rings. The lowest BCUT2D eigenvalue weighted by atomic mass is 9.99. The fourth-order valence-electron chi connectivity index (χ4n) is 3.04. The summed E-state index contributed by atoms with van der Waals surface area (Å²) in [6.45, 7) is 5.37. The molecule has 0 bridgehead atoms. The summed E-state index contributed by atoms with van der Waals surface area (Å²) in [6.07, 6.45) is 0.0901. The van der Waals surface area contributed by atoms with Gasteiger partial charge in [-0.25, -0.2) is 0 Å². The van der Waals surface area contributed by atoms with E-state index in [0.717, 1.165) is 22.3 Å². The topological polar surface area (TPSA) is 84.5 Å². The zero-order valence-electron chi connectivity index (χ0n) is 17.3. The third kappa shape index (κ3) is 7.07. The van der Waals surface area contributed by atoms with Crippen molar-refractivity contribution in [2.24, 2.45) is 0 Å². The predicted octanol–water partition coefficient (Wildman–Crippen LogP) is 3.29. The van der Waals surface area contributed by atoms with E-state index >= 15 is 0 Å². The van der Waals surface area contributed by atoms with Gasteiger partial charge < -0.3 is 15.4 Å². The Morgan fingerprint density at radius 3 is 1.66 bits per heavy atom. The van der Waals surface area contributed by atoms with Gasteiger partial charge in [-0.3, -0.25) is 14.4 Å². The fraction of sp³-hybridized carbons (Fsp3) is 0.348. The Kier molecular flexibility index (Phi) is 7.95. The number of carbonyl (C=O) groups excluding carboxylic acids is 3. The number of aryl methyl sites for hydroxylation is 2. The molecule has 2 aromatic rings. The maximum Gasteiger partial charge on any atom is 0.307 e. The number of ether oxygens (including phenoxy) is 1. The molecule has 0 unspecified atom stereocenters. The number of esters is 1. The summed E-state index contributed by atoms with van der Waals surface area (Å²) in [5, 5.41) is 5.74. The minimum absolute atomic E-state index is 0.0284. The van der Waals surface area contributed by atoms with Crippen LogP contribution in [0.1, 0.15) is 54.1 Å². The molecule has 2 rings (SSSR count). The highest BCUT2D eigenvalue weighted by atomic mass is 16.5. The van der Waals surface area contributed by atoms with Crippen molar-refractivity contribution >= 4 is 17.8 Å². The van der Waals surface area contributed by atoms with E-state index in [-0.39, 0.29) is 24.7 Å². The van der Waals surface area contributed by atoms with Crippen molar-refractivity contribution in [2.75, 3.05) is 7.11 Å². The predicted molar refractivity (Wildman–Crippen MR) is 111 cm³/mol. The lowest BCUT2D eigenvalue weighted by molar-refractivity contribution is -0.141. The van der Waals surface area contributed by atoms with Gasteiger partial charge in [0, 0.05) is 6.92 Å². The molecule has 6 nitrogen and oxygen atoms in total. The number of hydrogen-bond acceptors (Lipinski definition) is 4. The number of benzene rings is 2. The van der Waals surface area contributed by atoms with Crippen LogP contribution in [0.3, 0.4) is 0 Å². The molecule has 2 aromatic carbocycles. The number of methoxy groups -OCH3 is 1. The Bertz CT molecular complexity index is 844.